The Morgan fingerprint density at radius 3 is 2.10 bits per heavy atom. The number of methoxy groups -OCH3 is 2. The molecule has 0 aromatic heterocycles. The second-order valence-corrected chi connectivity index (χ2v) is 4.30. The number of benzene rings is 1. The minimum atomic E-state index is -0.997. The third-order valence-corrected chi connectivity index (χ3v) is 2.91. The summed E-state index contributed by atoms with van der Waals surface area (Å²) in [5.74, 6) is -2.33. The summed E-state index contributed by atoms with van der Waals surface area (Å²) in [7, 11) is 2.42. The number of ether oxygens (including phenoxy) is 2. The van der Waals surface area contributed by atoms with Gasteiger partial charge < -0.3 is 9.47 Å². The van der Waals surface area contributed by atoms with Crippen molar-refractivity contribution in [2.24, 2.45) is 5.92 Å². The number of hydrogen-bond donors (Lipinski definition) is 0. The van der Waals surface area contributed by atoms with Gasteiger partial charge in [0.2, 0.25) is 0 Å². The predicted octanol–water partition coefficient (Wildman–Crippen LogP) is 2.17. The van der Waals surface area contributed by atoms with Crippen molar-refractivity contribution >= 4 is 17.7 Å². The highest BCUT2D eigenvalue weighted by Crippen LogP contribution is 2.10. The maximum atomic E-state index is 11.8. The zero-order chi connectivity index (χ0) is 15.7. The zero-order valence-electron chi connectivity index (χ0n) is 12.1. The molecular weight excluding hydrogens is 272 g/mol. The van der Waals surface area contributed by atoms with Crippen LogP contribution in [0.25, 0.3) is 0 Å². The normalized spacial score (nSPS) is 10.6. The molecule has 0 amide bonds. The van der Waals surface area contributed by atoms with Crippen LogP contribution < -0.4 is 0 Å². The van der Waals surface area contributed by atoms with Gasteiger partial charge in [-0.1, -0.05) is 42.5 Å². The van der Waals surface area contributed by atoms with Gasteiger partial charge in [0.15, 0.2) is 11.7 Å². The molecular formula is C16H18O5. The zero-order valence-corrected chi connectivity index (χ0v) is 12.1. The number of hydrogen-bond acceptors (Lipinski definition) is 5. The largest absolute Gasteiger partial charge is 0.468 e. The van der Waals surface area contributed by atoms with E-state index in [1.165, 1.54) is 14.2 Å². The summed E-state index contributed by atoms with van der Waals surface area (Å²) in [4.78, 5) is 34.7. The van der Waals surface area contributed by atoms with Gasteiger partial charge in [-0.2, -0.15) is 0 Å². The van der Waals surface area contributed by atoms with E-state index in [0.29, 0.717) is 5.56 Å². The molecule has 112 valence electrons. The average Bonchev–Trinajstić information content (AvgIpc) is 2.54. The molecule has 1 aromatic rings. The van der Waals surface area contributed by atoms with Gasteiger partial charge in [0.25, 0.3) is 0 Å². The first kappa shape index (κ1) is 16.6. The van der Waals surface area contributed by atoms with Crippen molar-refractivity contribution in [1.82, 2.24) is 0 Å². The molecule has 1 aromatic carbocycles. The fourth-order valence-electron chi connectivity index (χ4n) is 1.74. The topological polar surface area (TPSA) is 69.7 Å². The Kier molecular flexibility index (Phi) is 6.87. The second-order valence-electron chi connectivity index (χ2n) is 4.30. The van der Waals surface area contributed by atoms with E-state index in [0.717, 1.165) is 0 Å². The first-order chi connectivity index (χ1) is 10.1. The third kappa shape index (κ3) is 5.22. The molecule has 0 atom stereocenters. The summed E-state index contributed by atoms with van der Waals surface area (Å²) in [6, 6.07) is 8.90. The van der Waals surface area contributed by atoms with Gasteiger partial charge in [-0.15, -0.1) is 0 Å². The summed E-state index contributed by atoms with van der Waals surface area (Å²) in [6.07, 6.45) is 3.59. The number of carbonyl (C=O) groups is 3. The van der Waals surface area contributed by atoms with E-state index in [1.54, 1.807) is 36.4 Å². The molecule has 0 aliphatic carbocycles. The van der Waals surface area contributed by atoms with Crippen molar-refractivity contribution in [3.8, 4) is 0 Å². The van der Waals surface area contributed by atoms with Crippen LogP contribution in [0.5, 0.6) is 0 Å². The average molecular weight is 290 g/mol. The van der Waals surface area contributed by atoms with Crippen molar-refractivity contribution in [3.05, 3.63) is 48.0 Å². The fraction of sp³-hybridized carbons (Fsp3) is 0.312. The Bertz CT molecular complexity index is 503. The van der Waals surface area contributed by atoms with Crippen LogP contribution in [0.4, 0.5) is 0 Å². The maximum absolute atomic E-state index is 11.8. The first-order valence-electron chi connectivity index (χ1n) is 6.49. The Hall–Kier alpha value is -2.43. The van der Waals surface area contributed by atoms with Crippen molar-refractivity contribution in [3.63, 3.8) is 0 Å². The molecule has 5 heteroatoms. The molecule has 0 radical (unpaired) electrons. The van der Waals surface area contributed by atoms with Gasteiger partial charge in [0.1, 0.15) is 0 Å². The molecule has 0 saturated carbocycles. The van der Waals surface area contributed by atoms with Gasteiger partial charge in [0, 0.05) is 12.0 Å². The van der Waals surface area contributed by atoms with Gasteiger partial charge in [-0.3, -0.25) is 14.4 Å². The van der Waals surface area contributed by atoms with E-state index >= 15 is 0 Å². The molecule has 0 aliphatic rings. The highest BCUT2D eigenvalue weighted by molar-refractivity contribution is 5.97. The van der Waals surface area contributed by atoms with Crippen molar-refractivity contribution in [2.45, 2.75) is 12.8 Å². The molecule has 21 heavy (non-hydrogen) atoms. The van der Waals surface area contributed by atoms with Gasteiger partial charge in [-0.05, 0) is 6.42 Å². The third-order valence-electron chi connectivity index (χ3n) is 2.91. The second kappa shape index (κ2) is 8.68. The van der Waals surface area contributed by atoms with E-state index in [2.05, 4.69) is 9.47 Å². The highest BCUT2D eigenvalue weighted by Gasteiger charge is 2.27. The lowest BCUT2D eigenvalue weighted by Crippen LogP contribution is -2.25. The Labute approximate surface area is 123 Å². The number of allylic oxidation sites excluding steroid dienone is 2. The van der Waals surface area contributed by atoms with Gasteiger partial charge in [0.05, 0.1) is 14.2 Å². The van der Waals surface area contributed by atoms with Crippen molar-refractivity contribution in [2.75, 3.05) is 14.2 Å². The van der Waals surface area contributed by atoms with Gasteiger partial charge >= 0.3 is 11.9 Å². The molecule has 0 fully saturated rings. The van der Waals surface area contributed by atoms with E-state index in [-0.39, 0.29) is 18.6 Å². The van der Waals surface area contributed by atoms with Crippen LogP contribution in [0, 0.1) is 5.92 Å². The standard InChI is InChI=1S/C16H18O5/c1-20-15(18)13(16(19)21-2)10-6-7-11-14(17)12-8-4-3-5-9-12/h3-9,13H,10-11H2,1-2H3/b7-6+. The van der Waals surface area contributed by atoms with Crippen LogP contribution in [-0.2, 0) is 19.1 Å². The number of Topliss-reactive ketones (excluding diaryl/α,β-unsaturated/α-hetero) is 1. The fourth-order valence-corrected chi connectivity index (χ4v) is 1.74. The molecule has 1 rings (SSSR count). The SMILES string of the molecule is COC(=O)C(C/C=C/CC(=O)c1ccccc1)C(=O)OC. The first-order valence-corrected chi connectivity index (χ1v) is 6.49. The van der Waals surface area contributed by atoms with Crippen LogP contribution in [0.2, 0.25) is 0 Å². The summed E-state index contributed by atoms with van der Waals surface area (Å²) in [5, 5.41) is 0. The Balaban J connectivity index is 2.54. The summed E-state index contributed by atoms with van der Waals surface area (Å²) >= 11 is 0. The smallest absolute Gasteiger partial charge is 0.320 e. The molecule has 0 spiro atoms. The monoisotopic (exact) mass is 290 g/mol. The highest BCUT2D eigenvalue weighted by atomic mass is 16.5. The lowest BCUT2D eigenvalue weighted by atomic mass is 10.0. The van der Waals surface area contributed by atoms with Crippen molar-refractivity contribution in [1.29, 1.82) is 0 Å². The van der Waals surface area contributed by atoms with Crippen LogP contribution in [-0.4, -0.2) is 31.9 Å². The number of carbonyl (C=O) groups excluding carboxylic acids is 3. The van der Waals surface area contributed by atoms with E-state index in [1.807, 2.05) is 6.07 Å². The molecule has 0 bridgehead atoms. The number of rotatable bonds is 7. The van der Waals surface area contributed by atoms with Crippen LogP contribution in [0.3, 0.4) is 0 Å². The molecule has 0 saturated heterocycles. The van der Waals surface area contributed by atoms with E-state index in [4.69, 9.17) is 0 Å². The van der Waals surface area contributed by atoms with Crippen LogP contribution in [0.15, 0.2) is 42.5 Å². The van der Waals surface area contributed by atoms with E-state index < -0.39 is 17.9 Å². The van der Waals surface area contributed by atoms with Crippen molar-refractivity contribution < 1.29 is 23.9 Å². The van der Waals surface area contributed by atoms with Crippen LogP contribution in [0.1, 0.15) is 23.2 Å². The number of esters is 2. The molecule has 0 N–H and O–H groups in total. The summed E-state index contributed by atoms with van der Waals surface area (Å²) in [6.45, 7) is 0. The lowest BCUT2D eigenvalue weighted by molar-refractivity contribution is -0.158. The minimum absolute atomic E-state index is 0.0282. The quantitative estimate of drug-likeness (QED) is 0.333. The maximum Gasteiger partial charge on any atom is 0.320 e. The summed E-state index contributed by atoms with van der Waals surface area (Å²) in [5.41, 5.74) is 0.625. The molecule has 0 unspecified atom stereocenters. The van der Waals surface area contributed by atoms with E-state index in [9.17, 15) is 14.4 Å². The Morgan fingerprint density at radius 2 is 1.57 bits per heavy atom. The summed E-state index contributed by atoms with van der Waals surface area (Å²) < 4.78 is 9.08. The minimum Gasteiger partial charge on any atom is -0.468 e. The predicted molar refractivity (Wildman–Crippen MR) is 76.7 cm³/mol. The number of ketones is 1. The lowest BCUT2D eigenvalue weighted by Gasteiger charge is -2.09. The molecule has 5 nitrogen and oxygen atoms in total. The Morgan fingerprint density at radius 1 is 1.00 bits per heavy atom. The molecule has 0 aliphatic heterocycles. The molecule has 0 heterocycles. The van der Waals surface area contributed by atoms with Gasteiger partial charge in [-0.25, -0.2) is 0 Å². The van der Waals surface area contributed by atoms with Crippen LogP contribution >= 0.6 is 0 Å².